The van der Waals surface area contributed by atoms with E-state index in [4.69, 9.17) is 23.1 Å². The number of halogens is 1. The Morgan fingerprint density at radius 3 is 2.77 bits per heavy atom. The van der Waals surface area contributed by atoms with Crippen LogP contribution in [0.3, 0.4) is 0 Å². The normalized spacial score (nSPS) is 11.9. The molecule has 0 aliphatic rings. The number of fused-ring (bicyclic) bond motifs is 1. The van der Waals surface area contributed by atoms with Gasteiger partial charge in [0.1, 0.15) is 5.82 Å². The number of carbonyl (C=O) groups excluding carboxylic acids is 1. The van der Waals surface area contributed by atoms with E-state index in [1.165, 1.54) is 12.4 Å². The van der Waals surface area contributed by atoms with Gasteiger partial charge in [0.2, 0.25) is 0 Å². The van der Waals surface area contributed by atoms with Crippen LogP contribution in [-0.4, -0.2) is 17.1 Å². The van der Waals surface area contributed by atoms with Crippen molar-refractivity contribution in [3.8, 4) is 0 Å². The van der Waals surface area contributed by atoms with Crippen LogP contribution in [0.15, 0.2) is 59.4 Å². The molecular formula is C23H24ClN5O. The molecule has 0 aliphatic heterocycles. The summed E-state index contributed by atoms with van der Waals surface area (Å²) in [5.41, 5.74) is 16.0. The second-order valence-electron chi connectivity index (χ2n) is 6.99. The van der Waals surface area contributed by atoms with Crippen molar-refractivity contribution in [2.45, 2.75) is 26.9 Å². The van der Waals surface area contributed by atoms with E-state index in [0.29, 0.717) is 29.5 Å². The Hall–Kier alpha value is -3.38. The van der Waals surface area contributed by atoms with Crippen LogP contribution in [0.2, 0.25) is 5.02 Å². The number of aliphatic imine (C=N–C) groups is 1. The first-order valence-electron chi connectivity index (χ1n) is 9.48. The summed E-state index contributed by atoms with van der Waals surface area (Å²) in [4.78, 5) is 21.0. The van der Waals surface area contributed by atoms with Gasteiger partial charge < -0.3 is 16.8 Å². The van der Waals surface area contributed by atoms with Gasteiger partial charge >= 0.3 is 0 Å². The highest BCUT2D eigenvalue weighted by molar-refractivity contribution is 6.30. The monoisotopic (exact) mass is 421 g/mol. The van der Waals surface area contributed by atoms with Crippen molar-refractivity contribution >= 4 is 40.3 Å². The first-order chi connectivity index (χ1) is 14.4. The number of rotatable bonds is 6. The molecule has 1 amide bonds. The predicted molar refractivity (Wildman–Crippen MR) is 123 cm³/mol. The molecule has 0 atom stereocenters. The predicted octanol–water partition coefficient (Wildman–Crippen LogP) is 3.82. The molecule has 2 aromatic carbocycles. The van der Waals surface area contributed by atoms with Crippen LogP contribution in [0.4, 0.5) is 5.82 Å². The van der Waals surface area contributed by atoms with Gasteiger partial charge in [0.15, 0.2) is 0 Å². The molecule has 0 aliphatic carbocycles. The van der Waals surface area contributed by atoms with E-state index >= 15 is 0 Å². The van der Waals surface area contributed by atoms with Gasteiger partial charge in [0.05, 0.1) is 12.1 Å². The van der Waals surface area contributed by atoms with Gasteiger partial charge in [-0.15, -0.1) is 0 Å². The molecule has 1 heterocycles. The summed E-state index contributed by atoms with van der Waals surface area (Å²) in [6, 6.07) is 11.3. The Kier molecular flexibility index (Phi) is 6.69. The lowest BCUT2D eigenvalue weighted by Crippen LogP contribution is -2.26. The van der Waals surface area contributed by atoms with E-state index in [1.54, 1.807) is 12.3 Å². The molecule has 0 spiro atoms. The second kappa shape index (κ2) is 9.41. The number of nitrogen functional groups attached to an aromatic ring is 1. The third kappa shape index (κ3) is 4.78. The minimum Gasteiger partial charge on any atom is -0.404 e. The molecule has 30 heavy (non-hydrogen) atoms. The zero-order chi connectivity index (χ0) is 21.7. The first kappa shape index (κ1) is 21.3. The van der Waals surface area contributed by atoms with E-state index in [2.05, 4.69) is 15.3 Å². The summed E-state index contributed by atoms with van der Waals surface area (Å²) in [6.07, 6.45) is 4.42. The van der Waals surface area contributed by atoms with Crippen LogP contribution in [0.1, 0.15) is 22.3 Å². The highest BCUT2D eigenvalue weighted by Gasteiger charge is 2.12. The average molecular weight is 422 g/mol. The van der Waals surface area contributed by atoms with E-state index in [-0.39, 0.29) is 5.91 Å². The van der Waals surface area contributed by atoms with Crippen molar-refractivity contribution in [3.05, 3.63) is 81.6 Å². The standard InChI is InChI=1S/C23H24ClN5O/c1-14-8-20-19(6-7-28-22(20)26)15(2)21(14)13-29-23(30)17(10-25)12-27-11-16-4-3-5-18(24)9-16/h3-10,12H,11,13,25H2,1-2H3,(H2,26,28)(H,29,30)/b17-10+,27-12?. The number of aromatic nitrogens is 1. The first-order valence-corrected chi connectivity index (χ1v) is 9.86. The van der Waals surface area contributed by atoms with Crippen LogP contribution in [0.25, 0.3) is 10.8 Å². The number of anilines is 1. The Labute approximate surface area is 180 Å². The molecular weight excluding hydrogens is 398 g/mol. The highest BCUT2D eigenvalue weighted by Crippen LogP contribution is 2.27. The SMILES string of the molecule is Cc1cc2c(N)nccc2c(C)c1CNC(=O)/C(C=NCc1cccc(Cl)c1)=C/N. The fraction of sp³-hybridized carbons (Fsp3) is 0.174. The molecule has 5 N–H and O–H groups in total. The number of hydrogen-bond donors (Lipinski definition) is 3. The van der Waals surface area contributed by atoms with E-state index in [0.717, 1.165) is 33.0 Å². The van der Waals surface area contributed by atoms with E-state index < -0.39 is 0 Å². The third-order valence-corrected chi connectivity index (χ3v) is 5.21. The molecule has 3 rings (SSSR count). The van der Waals surface area contributed by atoms with Gasteiger partial charge in [-0.25, -0.2) is 4.98 Å². The number of nitrogens with zero attached hydrogens (tertiary/aromatic N) is 2. The van der Waals surface area contributed by atoms with Crippen molar-refractivity contribution in [1.29, 1.82) is 0 Å². The van der Waals surface area contributed by atoms with Gasteiger partial charge in [0, 0.05) is 35.6 Å². The molecule has 0 fully saturated rings. The number of nitrogens with two attached hydrogens (primary N) is 2. The number of benzene rings is 2. The van der Waals surface area contributed by atoms with Crippen LogP contribution in [0, 0.1) is 13.8 Å². The Morgan fingerprint density at radius 1 is 1.23 bits per heavy atom. The molecule has 6 nitrogen and oxygen atoms in total. The molecule has 3 aromatic rings. The lowest BCUT2D eigenvalue weighted by atomic mass is 9.96. The minimum absolute atomic E-state index is 0.291. The quantitative estimate of drug-likeness (QED) is 0.415. The average Bonchev–Trinajstić information content (AvgIpc) is 2.72. The number of nitrogens with one attached hydrogen (secondary N) is 1. The van der Waals surface area contributed by atoms with Crippen molar-refractivity contribution in [2.24, 2.45) is 10.7 Å². The maximum atomic E-state index is 12.6. The molecule has 0 saturated carbocycles. The number of hydrogen-bond acceptors (Lipinski definition) is 5. The van der Waals surface area contributed by atoms with Gasteiger partial charge in [0.25, 0.3) is 5.91 Å². The third-order valence-electron chi connectivity index (χ3n) is 4.98. The Balaban J connectivity index is 1.70. The van der Waals surface area contributed by atoms with Crippen molar-refractivity contribution < 1.29 is 4.79 Å². The molecule has 1 aromatic heterocycles. The summed E-state index contributed by atoms with van der Waals surface area (Å²) in [5, 5.41) is 5.51. The van der Waals surface area contributed by atoms with Crippen molar-refractivity contribution in [2.75, 3.05) is 5.73 Å². The summed E-state index contributed by atoms with van der Waals surface area (Å²) < 4.78 is 0. The molecule has 0 bridgehead atoms. The van der Waals surface area contributed by atoms with Crippen LogP contribution >= 0.6 is 11.6 Å². The fourth-order valence-electron chi connectivity index (χ4n) is 3.33. The summed E-state index contributed by atoms with van der Waals surface area (Å²) in [6.45, 7) is 4.78. The van der Waals surface area contributed by atoms with Crippen LogP contribution in [0.5, 0.6) is 0 Å². The number of aryl methyl sites for hydroxylation is 2. The van der Waals surface area contributed by atoms with Gasteiger partial charge in [-0.1, -0.05) is 23.7 Å². The summed E-state index contributed by atoms with van der Waals surface area (Å²) >= 11 is 5.98. The van der Waals surface area contributed by atoms with Gasteiger partial charge in [-0.05, 0) is 65.8 Å². The number of pyridine rings is 1. The van der Waals surface area contributed by atoms with Gasteiger partial charge in [-0.2, -0.15) is 0 Å². The smallest absolute Gasteiger partial charge is 0.254 e. The molecule has 0 radical (unpaired) electrons. The molecule has 7 heteroatoms. The summed E-state index contributed by atoms with van der Waals surface area (Å²) in [5.74, 6) is 0.207. The Morgan fingerprint density at radius 2 is 2.03 bits per heavy atom. The maximum absolute atomic E-state index is 12.6. The second-order valence-corrected chi connectivity index (χ2v) is 7.43. The maximum Gasteiger partial charge on any atom is 0.254 e. The lowest BCUT2D eigenvalue weighted by Gasteiger charge is -2.15. The highest BCUT2D eigenvalue weighted by atomic mass is 35.5. The van der Waals surface area contributed by atoms with Crippen molar-refractivity contribution in [3.63, 3.8) is 0 Å². The minimum atomic E-state index is -0.291. The fourth-order valence-corrected chi connectivity index (χ4v) is 3.55. The van der Waals surface area contributed by atoms with Crippen LogP contribution < -0.4 is 16.8 Å². The zero-order valence-electron chi connectivity index (χ0n) is 16.9. The topological polar surface area (TPSA) is 106 Å². The summed E-state index contributed by atoms with van der Waals surface area (Å²) in [7, 11) is 0. The number of carbonyl (C=O) groups is 1. The zero-order valence-corrected chi connectivity index (χ0v) is 17.7. The van der Waals surface area contributed by atoms with Crippen LogP contribution in [-0.2, 0) is 17.9 Å². The van der Waals surface area contributed by atoms with Crippen molar-refractivity contribution in [1.82, 2.24) is 10.3 Å². The number of amides is 1. The van der Waals surface area contributed by atoms with Gasteiger partial charge in [-0.3, -0.25) is 9.79 Å². The Bertz CT molecular complexity index is 1150. The lowest BCUT2D eigenvalue weighted by molar-refractivity contribution is -0.117. The molecule has 0 saturated heterocycles. The van der Waals surface area contributed by atoms with E-state index in [9.17, 15) is 4.79 Å². The molecule has 154 valence electrons. The molecule has 0 unspecified atom stereocenters. The van der Waals surface area contributed by atoms with E-state index in [1.807, 2.05) is 44.2 Å². The largest absolute Gasteiger partial charge is 0.404 e.